The summed E-state index contributed by atoms with van der Waals surface area (Å²) in [5.74, 6) is -0.569. The van der Waals surface area contributed by atoms with E-state index in [4.69, 9.17) is 0 Å². The van der Waals surface area contributed by atoms with Crippen LogP contribution < -0.4 is 10.2 Å². The molecular weight excluding hydrogens is 352 g/mol. The Kier molecular flexibility index (Phi) is 4.37. The van der Waals surface area contributed by atoms with Gasteiger partial charge in [-0.15, -0.1) is 10.2 Å². The van der Waals surface area contributed by atoms with Crippen LogP contribution in [0, 0.1) is 5.92 Å². The number of imidazole rings is 1. The van der Waals surface area contributed by atoms with Crippen LogP contribution in [0.4, 0.5) is 5.13 Å². The van der Waals surface area contributed by atoms with Gasteiger partial charge in [-0.05, 0) is 24.1 Å². The number of aryl methyl sites for hydroxylation is 1. The highest BCUT2D eigenvalue weighted by Gasteiger charge is 2.36. The second-order valence-corrected chi connectivity index (χ2v) is 7.25. The average molecular weight is 370 g/mol. The first-order chi connectivity index (χ1) is 12.6. The molecule has 8 nitrogen and oxygen atoms in total. The molecule has 2 amide bonds. The monoisotopic (exact) mass is 370 g/mol. The fourth-order valence-corrected chi connectivity index (χ4v) is 3.80. The number of hydrogen-bond donors (Lipinski definition) is 2. The van der Waals surface area contributed by atoms with Gasteiger partial charge in [0.1, 0.15) is 5.01 Å². The van der Waals surface area contributed by atoms with Crippen LogP contribution in [-0.4, -0.2) is 38.5 Å². The van der Waals surface area contributed by atoms with Gasteiger partial charge < -0.3 is 10.3 Å². The number of nitrogens with one attached hydrogen (secondary N) is 2. The third kappa shape index (κ3) is 3.17. The lowest BCUT2D eigenvalue weighted by molar-refractivity contribution is -0.126. The molecule has 0 saturated carbocycles. The first kappa shape index (κ1) is 16.6. The Labute approximate surface area is 153 Å². The van der Waals surface area contributed by atoms with Gasteiger partial charge in [-0.25, -0.2) is 4.98 Å². The molecule has 1 aliphatic rings. The molecule has 1 saturated heterocycles. The van der Waals surface area contributed by atoms with Crippen LogP contribution in [0.25, 0.3) is 11.0 Å². The lowest BCUT2D eigenvalue weighted by Crippen LogP contribution is -2.32. The topological polar surface area (TPSA) is 104 Å². The van der Waals surface area contributed by atoms with Crippen molar-refractivity contribution in [2.45, 2.75) is 26.3 Å². The molecular formula is C17H18N6O2S. The van der Waals surface area contributed by atoms with Crippen molar-refractivity contribution in [1.29, 1.82) is 0 Å². The summed E-state index contributed by atoms with van der Waals surface area (Å²) < 4.78 is 0. The molecule has 134 valence electrons. The minimum atomic E-state index is -0.368. The number of amides is 2. The highest BCUT2D eigenvalue weighted by atomic mass is 32.1. The molecule has 9 heteroatoms. The van der Waals surface area contributed by atoms with Gasteiger partial charge in [0.25, 0.3) is 0 Å². The summed E-state index contributed by atoms with van der Waals surface area (Å²) in [5, 5.41) is 12.5. The third-order valence-electron chi connectivity index (χ3n) is 4.44. The molecule has 0 radical (unpaired) electrons. The summed E-state index contributed by atoms with van der Waals surface area (Å²) in [6.45, 7) is 2.76. The van der Waals surface area contributed by atoms with Gasteiger partial charge in [-0.1, -0.05) is 24.3 Å². The van der Waals surface area contributed by atoms with Crippen molar-refractivity contribution >= 4 is 39.3 Å². The molecule has 1 atom stereocenters. The molecule has 2 N–H and O–H groups in total. The first-order valence-electron chi connectivity index (χ1n) is 8.46. The summed E-state index contributed by atoms with van der Waals surface area (Å²) in [6.07, 6.45) is 2.62. The maximum atomic E-state index is 12.5. The lowest BCUT2D eigenvalue weighted by Gasteiger charge is -2.12. The molecule has 0 bridgehead atoms. The Bertz CT molecular complexity index is 965. The normalized spacial score (nSPS) is 17.2. The zero-order chi connectivity index (χ0) is 18.1. The fraction of sp³-hybridized carbons (Fsp3) is 0.353. The van der Waals surface area contributed by atoms with Gasteiger partial charge in [0.2, 0.25) is 16.9 Å². The number of carbonyl (C=O) groups is 2. The summed E-state index contributed by atoms with van der Waals surface area (Å²) in [5.41, 5.74) is 2.80. The predicted molar refractivity (Wildman–Crippen MR) is 97.7 cm³/mol. The molecule has 2 aromatic heterocycles. The molecule has 0 aliphatic carbocycles. The van der Waals surface area contributed by atoms with Crippen LogP contribution in [-0.2, 0) is 22.6 Å². The highest BCUT2D eigenvalue weighted by molar-refractivity contribution is 7.15. The molecule has 4 rings (SSSR count). The standard InChI is InChI=1S/C17H18N6O2S/c1-2-14-21-22-17(26-14)23-8-11(6-15(23)24)16(25)18-7-10-3-4-12-13(5-10)20-9-19-12/h3-5,9,11H,2,6-8H2,1H3,(H,18,25)(H,19,20). The summed E-state index contributed by atoms with van der Waals surface area (Å²) >= 11 is 1.40. The number of benzene rings is 1. The maximum absolute atomic E-state index is 12.5. The molecule has 1 aliphatic heterocycles. The van der Waals surface area contributed by atoms with E-state index in [1.54, 1.807) is 11.2 Å². The number of H-pyrrole nitrogens is 1. The van der Waals surface area contributed by atoms with Gasteiger partial charge in [0.15, 0.2) is 0 Å². The summed E-state index contributed by atoms with van der Waals surface area (Å²) in [6, 6.07) is 5.81. The van der Waals surface area contributed by atoms with Crippen molar-refractivity contribution in [3.8, 4) is 0 Å². The molecule has 3 aromatic rings. The van der Waals surface area contributed by atoms with Crippen molar-refractivity contribution < 1.29 is 9.59 Å². The Morgan fingerprint density at radius 2 is 2.31 bits per heavy atom. The number of nitrogens with zero attached hydrogens (tertiary/aromatic N) is 4. The fourth-order valence-electron chi connectivity index (χ4n) is 2.99. The number of rotatable bonds is 5. The molecule has 3 heterocycles. The predicted octanol–water partition coefficient (Wildman–Crippen LogP) is 1.65. The van der Waals surface area contributed by atoms with E-state index in [2.05, 4.69) is 25.5 Å². The highest BCUT2D eigenvalue weighted by Crippen LogP contribution is 2.28. The molecule has 1 aromatic carbocycles. The quantitative estimate of drug-likeness (QED) is 0.711. The van der Waals surface area contributed by atoms with E-state index < -0.39 is 0 Å². The molecule has 1 unspecified atom stereocenters. The van der Waals surface area contributed by atoms with E-state index in [1.165, 1.54) is 11.3 Å². The second-order valence-electron chi connectivity index (χ2n) is 6.21. The summed E-state index contributed by atoms with van der Waals surface area (Å²) in [7, 11) is 0. The Morgan fingerprint density at radius 3 is 3.12 bits per heavy atom. The van der Waals surface area contributed by atoms with Crippen LogP contribution in [0.3, 0.4) is 0 Å². The van der Waals surface area contributed by atoms with Gasteiger partial charge in [-0.3, -0.25) is 14.5 Å². The average Bonchev–Trinajstić information content (AvgIpc) is 3.37. The van der Waals surface area contributed by atoms with Crippen LogP contribution in [0.2, 0.25) is 0 Å². The van der Waals surface area contributed by atoms with Gasteiger partial charge in [0.05, 0.1) is 23.3 Å². The number of aromatic amines is 1. The van der Waals surface area contributed by atoms with Crippen molar-refractivity contribution in [1.82, 2.24) is 25.5 Å². The molecule has 26 heavy (non-hydrogen) atoms. The third-order valence-corrected chi connectivity index (χ3v) is 5.53. The van der Waals surface area contributed by atoms with Crippen LogP contribution in [0.5, 0.6) is 0 Å². The molecule has 1 fully saturated rings. The number of carbonyl (C=O) groups excluding carboxylic acids is 2. The van der Waals surface area contributed by atoms with E-state index in [0.29, 0.717) is 18.2 Å². The smallest absolute Gasteiger partial charge is 0.229 e. The SMILES string of the molecule is CCc1nnc(N2CC(C(=O)NCc3ccc4nc[nH]c4c3)CC2=O)s1. The molecule has 0 spiro atoms. The Balaban J connectivity index is 1.38. The Hall–Kier alpha value is -2.81. The van der Waals surface area contributed by atoms with E-state index in [0.717, 1.165) is 28.0 Å². The maximum Gasteiger partial charge on any atom is 0.229 e. The van der Waals surface area contributed by atoms with E-state index in [-0.39, 0.29) is 24.2 Å². The van der Waals surface area contributed by atoms with Crippen molar-refractivity contribution in [3.63, 3.8) is 0 Å². The number of anilines is 1. The zero-order valence-electron chi connectivity index (χ0n) is 14.2. The minimum Gasteiger partial charge on any atom is -0.352 e. The van der Waals surface area contributed by atoms with Crippen molar-refractivity contribution in [2.75, 3.05) is 11.4 Å². The lowest BCUT2D eigenvalue weighted by atomic mass is 10.1. The van der Waals surface area contributed by atoms with Crippen molar-refractivity contribution in [2.24, 2.45) is 5.92 Å². The second kappa shape index (κ2) is 6.83. The van der Waals surface area contributed by atoms with E-state index in [1.807, 2.05) is 25.1 Å². The number of fused-ring (bicyclic) bond motifs is 1. The van der Waals surface area contributed by atoms with Gasteiger partial charge >= 0.3 is 0 Å². The summed E-state index contributed by atoms with van der Waals surface area (Å²) in [4.78, 5) is 33.5. The van der Waals surface area contributed by atoms with Crippen molar-refractivity contribution in [3.05, 3.63) is 35.1 Å². The van der Waals surface area contributed by atoms with Gasteiger partial charge in [0, 0.05) is 19.5 Å². The van der Waals surface area contributed by atoms with Crippen LogP contribution >= 0.6 is 11.3 Å². The largest absolute Gasteiger partial charge is 0.352 e. The van der Waals surface area contributed by atoms with Crippen LogP contribution in [0.1, 0.15) is 23.9 Å². The number of aromatic nitrogens is 4. The zero-order valence-corrected chi connectivity index (χ0v) is 15.0. The van der Waals surface area contributed by atoms with Crippen LogP contribution in [0.15, 0.2) is 24.5 Å². The van der Waals surface area contributed by atoms with E-state index >= 15 is 0 Å². The minimum absolute atomic E-state index is 0.0807. The van der Waals surface area contributed by atoms with E-state index in [9.17, 15) is 9.59 Å². The first-order valence-corrected chi connectivity index (χ1v) is 9.28. The Morgan fingerprint density at radius 1 is 1.42 bits per heavy atom. The number of hydrogen-bond acceptors (Lipinski definition) is 6. The van der Waals surface area contributed by atoms with Gasteiger partial charge in [-0.2, -0.15) is 0 Å².